The van der Waals surface area contributed by atoms with Gasteiger partial charge in [-0.05, 0) is 57.4 Å². The molecule has 0 fully saturated rings. The highest BCUT2D eigenvalue weighted by atomic mass is 32.1. The van der Waals surface area contributed by atoms with E-state index in [9.17, 15) is 4.39 Å². The zero-order valence-corrected chi connectivity index (χ0v) is 15.6. The third-order valence-electron chi connectivity index (χ3n) is 3.72. The summed E-state index contributed by atoms with van der Waals surface area (Å²) in [6.07, 6.45) is 0.829. The summed E-state index contributed by atoms with van der Waals surface area (Å²) in [5.74, 6) is 0.608. The molecule has 0 aliphatic rings. The fraction of sp³-hybridized carbons (Fsp3) is 0.444. The summed E-state index contributed by atoms with van der Waals surface area (Å²) in [6.45, 7) is 10.2. The molecule has 0 aliphatic heterocycles. The third-order valence-corrected chi connectivity index (χ3v) is 4.77. The summed E-state index contributed by atoms with van der Waals surface area (Å²) < 4.78 is 13.1. The van der Waals surface area contributed by atoms with Gasteiger partial charge in [0.25, 0.3) is 0 Å². The first kappa shape index (κ1) is 18.4. The van der Waals surface area contributed by atoms with E-state index in [1.54, 1.807) is 17.4 Å². The first-order valence-corrected chi connectivity index (χ1v) is 9.01. The van der Waals surface area contributed by atoms with E-state index in [0.717, 1.165) is 47.3 Å². The fourth-order valence-electron chi connectivity index (χ4n) is 2.47. The average Bonchev–Trinajstić information content (AvgIpc) is 2.84. The fourth-order valence-corrected chi connectivity index (χ4v) is 3.33. The number of guanidine groups is 1. The van der Waals surface area contributed by atoms with Crippen LogP contribution in [0.15, 0.2) is 23.2 Å². The third kappa shape index (κ3) is 5.30. The SMILES string of the molecule is CCNC(=NCc1sc(C)nc1C)NCCc1ccc(F)cc1C. The number of nitrogens with zero attached hydrogens (tertiary/aromatic N) is 2. The maximum atomic E-state index is 13.1. The highest BCUT2D eigenvalue weighted by Gasteiger charge is 2.05. The molecular formula is C18H25FN4S. The molecule has 0 amide bonds. The second kappa shape index (κ2) is 8.78. The topological polar surface area (TPSA) is 49.3 Å². The van der Waals surface area contributed by atoms with Crippen molar-refractivity contribution in [3.8, 4) is 0 Å². The largest absolute Gasteiger partial charge is 0.357 e. The first-order chi connectivity index (χ1) is 11.5. The van der Waals surface area contributed by atoms with Gasteiger partial charge in [0.1, 0.15) is 5.82 Å². The molecule has 0 spiro atoms. The molecule has 0 saturated heterocycles. The quantitative estimate of drug-likeness (QED) is 0.620. The lowest BCUT2D eigenvalue weighted by Gasteiger charge is -2.12. The van der Waals surface area contributed by atoms with Crippen LogP contribution in [0.1, 0.15) is 33.6 Å². The number of aromatic nitrogens is 1. The highest BCUT2D eigenvalue weighted by Crippen LogP contribution is 2.17. The molecule has 1 heterocycles. The van der Waals surface area contributed by atoms with Crippen LogP contribution in [0, 0.1) is 26.6 Å². The Morgan fingerprint density at radius 2 is 2.04 bits per heavy atom. The number of rotatable bonds is 6. The minimum atomic E-state index is -0.186. The monoisotopic (exact) mass is 348 g/mol. The van der Waals surface area contributed by atoms with Crippen molar-refractivity contribution >= 4 is 17.3 Å². The van der Waals surface area contributed by atoms with Crippen molar-refractivity contribution in [1.82, 2.24) is 15.6 Å². The van der Waals surface area contributed by atoms with Crippen molar-refractivity contribution in [3.63, 3.8) is 0 Å². The molecular weight excluding hydrogens is 323 g/mol. The Morgan fingerprint density at radius 1 is 1.25 bits per heavy atom. The lowest BCUT2D eigenvalue weighted by Crippen LogP contribution is -2.38. The van der Waals surface area contributed by atoms with Gasteiger partial charge in [0.15, 0.2) is 5.96 Å². The summed E-state index contributed by atoms with van der Waals surface area (Å²) in [5.41, 5.74) is 3.18. The van der Waals surface area contributed by atoms with E-state index in [1.807, 2.05) is 33.8 Å². The van der Waals surface area contributed by atoms with Crippen LogP contribution in [-0.2, 0) is 13.0 Å². The van der Waals surface area contributed by atoms with E-state index in [1.165, 1.54) is 10.9 Å². The summed E-state index contributed by atoms with van der Waals surface area (Å²) in [5, 5.41) is 7.66. The van der Waals surface area contributed by atoms with E-state index >= 15 is 0 Å². The van der Waals surface area contributed by atoms with Crippen LogP contribution >= 0.6 is 11.3 Å². The molecule has 2 aromatic rings. The Bertz CT molecular complexity index is 709. The molecule has 1 aromatic heterocycles. The lowest BCUT2D eigenvalue weighted by atomic mass is 10.1. The van der Waals surface area contributed by atoms with Gasteiger partial charge in [0.2, 0.25) is 0 Å². The molecule has 2 rings (SSSR count). The van der Waals surface area contributed by atoms with Gasteiger partial charge >= 0.3 is 0 Å². The number of aryl methyl sites for hydroxylation is 3. The molecule has 24 heavy (non-hydrogen) atoms. The number of thiazole rings is 1. The van der Waals surface area contributed by atoms with Crippen molar-refractivity contribution in [1.29, 1.82) is 0 Å². The van der Waals surface area contributed by atoms with Gasteiger partial charge in [-0.3, -0.25) is 0 Å². The average molecular weight is 348 g/mol. The van der Waals surface area contributed by atoms with Gasteiger partial charge in [-0.15, -0.1) is 11.3 Å². The molecule has 6 heteroatoms. The Hall–Kier alpha value is -1.95. The number of hydrogen-bond acceptors (Lipinski definition) is 3. The van der Waals surface area contributed by atoms with Gasteiger partial charge in [0, 0.05) is 18.0 Å². The maximum Gasteiger partial charge on any atom is 0.191 e. The standard InChI is InChI=1S/C18H25FN4S/c1-5-20-18(22-11-17-13(3)23-14(4)24-17)21-9-8-15-6-7-16(19)10-12(15)2/h6-7,10H,5,8-9,11H2,1-4H3,(H2,20,21,22). The van der Waals surface area contributed by atoms with Crippen molar-refractivity contribution < 1.29 is 4.39 Å². The van der Waals surface area contributed by atoms with Gasteiger partial charge in [0.05, 0.1) is 17.2 Å². The van der Waals surface area contributed by atoms with Crippen molar-refractivity contribution in [2.24, 2.45) is 4.99 Å². The second-order valence-electron chi connectivity index (χ2n) is 5.68. The van der Waals surface area contributed by atoms with Crippen LogP contribution in [-0.4, -0.2) is 24.0 Å². The predicted octanol–water partition coefficient (Wildman–Crippen LogP) is 3.51. The molecule has 0 radical (unpaired) electrons. The Labute approximate surface area is 147 Å². The van der Waals surface area contributed by atoms with E-state index in [2.05, 4.69) is 20.6 Å². The molecule has 0 atom stereocenters. The van der Waals surface area contributed by atoms with Crippen LogP contribution in [0.2, 0.25) is 0 Å². The van der Waals surface area contributed by atoms with Crippen molar-refractivity contribution in [2.75, 3.05) is 13.1 Å². The van der Waals surface area contributed by atoms with Gasteiger partial charge in [-0.25, -0.2) is 14.4 Å². The van der Waals surface area contributed by atoms with E-state index < -0.39 is 0 Å². The van der Waals surface area contributed by atoms with Crippen LogP contribution in [0.4, 0.5) is 4.39 Å². The number of hydrogen-bond donors (Lipinski definition) is 2. The Kier molecular flexibility index (Phi) is 6.73. The van der Waals surface area contributed by atoms with E-state index in [-0.39, 0.29) is 5.82 Å². The normalized spacial score (nSPS) is 11.6. The summed E-state index contributed by atoms with van der Waals surface area (Å²) >= 11 is 1.69. The van der Waals surface area contributed by atoms with Crippen molar-refractivity contribution in [3.05, 3.63) is 50.7 Å². The first-order valence-electron chi connectivity index (χ1n) is 8.19. The van der Waals surface area contributed by atoms with Gasteiger partial charge < -0.3 is 10.6 Å². The van der Waals surface area contributed by atoms with Crippen LogP contribution in [0.5, 0.6) is 0 Å². The Balaban J connectivity index is 1.93. The summed E-state index contributed by atoms with van der Waals surface area (Å²) in [6, 6.07) is 4.93. The lowest BCUT2D eigenvalue weighted by molar-refractivity contribution is 0.625. The number of aliphatic imine (C=N–C) groups is 1. The molecule has 2 N–H and O–H groups in total. The Morgan fingerprint density at radius 3 is 2.67 bits per heavy atom. The zero-order chi connectivity index (χ0) is 17.5. The maximum absolute atomic E-state index is 13.1. The summed E-state index contributed by atoms with van der Waals surface area (Å²) in [7, 11) is 0. The van der Waals surface area contributed by atoms with Gasteiger partial charge in [-0.1, -0.05) is 6.07 Å². The number of benzene rings is 1. The molecule has 1 aromatic carbocycles. The highest BCUT2D eigenvalue weighted by molar-refractivity contribution is 7.11. The molecule has 0 unspecified atom stereocenters. The van der Waals surface area contributed by atoms with Crippen molar-refractivity contribution in [2.45, 2.75) is 40.7 Å². The van der Waals surface area contributed by atoms with E-state index in [0.29, 0.717) is 6.54 Å². The van der Waals surface area contributed by atoms with Crippen LogP contribution in [0.25, 0.3) is 0 Å². The molecule has 130 valence electrons. The second-order valence-corrected chi connectivity index (χ2v) is 6.97. The smallest absolute Gasteiger partial charge is 0.191 e. The minimum Gasteiger partial charge on any atom is -0.357 e. The molecule has 4 nitrogen and oxygen atoms in total. The molecule has 0 saturated carbocycles. The van der Waals surface area contributed by atoms with Gasteiger partial charge in [-0.2, -0.15) is 0 Å². The summed E-state index contributed by atoms with van der Waals surface area (Å²) in [4.78, 5) is 10.3. The minimum absolute atomic E-state index is 0.186. The number of nitrogens with one attached hydrogen (secondary N) is 2. The zero-order valence-electron chi connectivity index (χ0n) is 14.7. The number of halogens is 1. The molecule has 0 bridgehead atoms. The molecule has 0 aliphatic carbocycles. The van der Waals surface area contributed by atoms with Crippen LogP contribution < -0.4 is 10.6 Å². The van der Waals surface area contributed by atoms with Crippen LogP contribution in [0.3, 0.4) is 0 Å². The van der Waals surface area contributed by atoms with E-state index in [4.69, 9.17) is 0 Å². The predicted molar refractivity (Wildman–Crippen MR) is 99.2 cm³/mol.